The minimum atomic E-state index is -0.420. The van der Waals surface area contributed by atoms with Crippen LogP contribution in [0.15, 0.2) is 115 Å². The minimum absolute atomic E-state index is 0.152. The quantitative estimate of drug-likeness (QED) is 0.303. The van der Waals surface area contributed by atoms with Gasteiger partial charge < -0.3 is 15.4 Å². The number of hydrogen-bond acceptors (Lipinski definition) is 5. The first-order chi connectivity index (χ1) is 18.7. The number of anilines is 1. The van der Waals surface area contributed by atoms with Crippen LogP contribution in [-0.4, -0.2) is 20.7 Å². The molecule has 2 heterocycles. The largest absolute Gasteiger partial charge is 0.489 e. The molecule has 0 aliphatic carbocycles. The average Bonchev–Trinajstić information content (AvgIpc) is 3.43. The van der Waals surface area contributed by atoms with Gasteiger partial charge in [-0.1, -0.05) is 84.9 Å². The highest BCUT2D eigenvalue weighted by molar-refractivity contribution is 5.96. The molecule has 6 rings (SSSR count). The molecular formula is C31H27N5O2. The number of carbonyl (C=O) groups is 1. The molecule has 0 unspecified atom stereocenters. The number of amides is 1. The summed E-state index contributed by atoms with van der Waals surface area (Å²) < 4.78 is 7.89. The molecule has 2 N–H and O–H groups in total. The van der Waals surface area contributed by atoms with Crippen molar-refractivity contribution in [1.82, 2.24) is 20.1 Å². The maximum Gasteiger partial charge on any atom is 0.251 e. The summed E-state index contributed by atoms with van der Waals surface area (Å²) >= 11 is 0. The third kappa shape index (κ3) is 4.62. The van der Waals surface area contributed by atoms with Crippen LogP contribution in [-0.2, 0) is 17.9 Å². The summed E-state index contributed by atoms with van der Waals surface area (Å²) in [6, 6.07) is 31.8. The van der Waals surface area contributed by atoms with E-state index in [1.165, 1.54) is 17.1 Å². The number of benzene rings is 4. The molecule has 0 fully saturated rings. The molecule has 1 aliphatic heterocycles. The summed E-state index contributed by atoms with van der Waals surface area (Å²) in [5, 5.41) is 13.1. The van der Waals surface area contributed by atoms with E-state index in [-0.39, 0.29) is 5.91 Å². The molecule has 5 aromatic rings. The van der Waals surface area contributed by atoms with E-state index in [4.69, 9.17) is 4.74 Å². The van der Waals surface area contributed by atoms with Crippen molar-refractivity contribution in [3.05, 3.63) is 131 Å². The van der Waals surface area contributed by atoms with Gasteiger partial charge in [-0.25, -0.2) is 4.68 Å². The molecule has 0 spiro atoms. The van der Waals surface area contributed by atoms with Crippen molar-refractivity contribution < 1.29 is 9.53 Å². The van der Waals surface area contributed by atoms with Crippen LogP contribution in [0.25, 0.3) is 10.8 Å². The Bertz CT molecular complexity index is 1620. The van der Waals surface area contributed by atoms with Crippen molar-refractivity contribution in [2.75, 3.05) is 5.32 Å². The Balaban J connectivity index is 1.23. The van der Waals surface area contributed by atoms with Gasteiger partial charge in [-0.2, -0.15) is 10.1 Å². The molecule has 4 aromatic carbocycles. The zero-order valence-electron chi connectivity index (χ0n) is 21.0. The molecule has 1 amide bonds. The van der Waals surface area contributed by atoms with Gasteiger partial charge in [-0.3, -0.25) is 4.79 Å². The normalized spacial score (nSPS) is 14.6. The second kappa shape index (κ2) is 10.2. The monoisotopic (exact) mass is 501 g/mol. The van der Waals surface area contributed by atoms with E-state index in [9.17, 15) is 4.79 Å². The highest BCUT2D eigenvalue weighted by atomic mass is 16.5. The number of carbonyl (C=O) groups excluding carboxylic acids is 1. The van der Waals surface area contributed by atoms with E-state index in [2.05, 4.69) is 51.0 Å². The van der Waals surface area contributed by atoms with Gasteiger partial charge in [0.25, 0.3) is 5.91 Å². The number of fused-ring (bicyclic) bond motifs is 2. The summed E-state index contributed by atoms with van der Waals surface area (Å²) in [6.45, 7) is 2.80. The fourth-order valence-electron chi connectivity index (χ4n) is 4.89. The number of ether oxygens (including phenoxy) is 1. The summed E-state index contributed by atoms with van der Waals surface area (Å²) in [4.78, 5) is 17.8. The molecule has 0 bridgehead atoms. The first kappa shape index (κ1) is 23.5. The maximum atomic E-state index is 13.4. The van der Waals surface area contributed by atoms with Gasteiger partial charge in [-0.05, 0) is 46.5 Å². The molecule has 1 aliphatic rings. The van der Waals surface area contributed by atoms with Gasteiger partial charge in [-0.15, -0.1) is 0 Å². The van der Waals surface area contributed by atoms with E-state index in [1.54, 1.807) is 4.68 Å². The van der Waals surface area contributed by atoms with Crippen LogP contribution in [0.5, 0.6) is 5.75 Å². The fraction of sp³-hybridized carbons (Fsp3) is 0.129. The predicted molar refractivity (Wildman–Crippen MR) is 147 cm³/mol. The lowest BCUT2D eigenvalue weighted by Gasteiger charge is -2.28. The van der Waals surface area contributed by atoms with E-state index < -0.39 is 6.04 Å². The van der Waals surface area contributed by atoms with Gasteiger partial charge in [0, 0.05) is 12.2 Å². The van der Waals surface area contributed by atoms with Crippen molar-refractivity contribution in [2.24, 2.45) is 0 Å². The Labute approximate surface area is 220 Å². The van der Waals surface area contributed by atoms with Crippen LogP contribution >= 0.6 is 0 Å². The summed E-state index contributed by atoms with van der Waals surface area (Å²) in [7, 11) is 0. The first-order valence-corrected chi connectivity index (χ1v) is 12.6. The fourth-order valence-corrected chi connectivity index (χ4v) is 4.89. The third-order valence-electron chi connectivity index (χ3n) is 6.81. The van der Waals surface area contributed by atoms with Gasteiger partial charge in [0.2, 0.25) is 5.95 Å². The highest BCUT2D eigenvalue weighted by Crippen LogP contribution is 2.35. The first-order valence-electron chi connectivity index (χ1n) is 12.6. The van der Waals surface area contributed by atoms with Crippen molar-refractivity contribution >= 4 is 22.6 Å². The number of nitrogens with one attached hydrogen (secondary N) is 2. The Morgan fingerprint density at radius 1 is 0.947 bits per heavy atom. The van der Waals surface area contributed by atoms with Gasteiger partial charge >= 0.3 is 0 Å². The van der Waals surface area contributed by atoms with Crippen LogP contribution in [0.4, 0.5) is 5.95 Å². The van der Waals surface area contributed by atoms with Gasteiger partial charge in [0.15, 0.2) is 0 Å². The average molecular weight is 502 g/mol. The van der Waals surface area contributed by atoms with E-state index in [0.717, 1.165) is 28.1 Å². The Morgan fingerprint density at radius 3 is 2.55 bits per heavy atom. The van der Waals surface area contributed by atoms with Crippen molar-refractivity contribution in [1.29, 1.82) is 0 Å². The lowest BCUT2D eigenvalue weighted by atomic mass is 9.95. The van der Waals surface area contributed by atoms with Crippen molar-refractivity contribution in [3.63, 3.8) is 0 Å². The van der Waals surface area contributed by atoms with Crippen LogP contribution in [0.2, 0.25) is 0 Å². The second-order valence-electron chi connectivity index (χ2n) is 9.26. The number of nitrogens with zero attached hydrogens (tertiary/aromatic N) is 3. The molecule has 7 heteroatoms. The molecule has 7 nitrogen and oxygen atoms in total. The second-order valence-corrected chi connectivity index (χ2v) is 9.26. The Morgan fingerprint density at radius 2 is 1.71 bits per heavy atom. The summed E-state index contributed by atoms with van der Waals surface area (Å²) in [6.07, 6.45) is 1.50. The van der Waals surface area contributed by atoms with E-state index in [1.807, 2.05) is 73.7 Å². The topological polar surface area (TPSA) is 81.1 Å². The molecule has 0 radical (unpaired) electrons. The molecule has 1 atom stereocenters. The molecular weight excluding hydrogens is 474 g/mol. The van der Waals surface area contributed by atoms with Crippen LogP contribution in [0.3, 0.4) is 0 Å². The highest BCUT2D eigenvalue weighted by Gasteiger charge is 2.33. The number of aromatic nitrogens is 3. The zero-order valence-corrected chi connectivity index (χ0v) is 21.0. The molecule has 0 saturated carbocycles. The van der Waals surface area contributed by atoms with E-state index in [0.29, 0.717) is 24.7 Å². The number of hydrogen-bond donors (Lipinski definition) is 2. The SMILES string of the molecule is CC1=C(C(=O)NCc2ccccc2)[C@H](c2ccc(OCc3cccc4ccccc34)cc2)n2ncnc2N1. The standard InChI is InChI=1S/C31H27N5O2/c1-21-28(30(37)32-18-22-8-3-2-4-9-22)29(36-31(35-21)33-20-34-36)24-14-16-26(17-15-24)38-19-25-12-7-11-23-10-5-6-13-27(23)25/h2-17,20,29H,18-19H2,1H3,(H,32,37)(H,33,34,35)/t29-/m0/s1. The maximum absolute atomic E-state index is 13.4. The van der Waals surface area contributed by atoms with E-state index >= 15 is 0 Å². The lowest BCUT2D eigenvalue weighted by molar-refractivity contribution is -0.118. The Kier molecular flexibility index (Phi) is 6.32. The summed E-state index contributed by atoms with van der Waals surface area (Å²) in [5.74, 6) is 1.20. The third-order valence-corrected chi connectivity index (χ3v) is 6.81. The lowest BCUT2D eigenvalue weighted by Crippen LogP contribution is -2.34. The smallest absolute Gasteiger partial charge is 0.251 e. The van der Waals surface area contributed by atoms with Crippen LogP contribution in [0, 0.1) is 0 Å². The molecule has 188 valence electrons. The van der Waals surface area contributed by atoms with Crippen molar-refractivity contribution in [3.8, 4) is 5.75 Å². The molecule has 0 saturated heterocycles. The zero-order chi connectivity index (χ0) is 25.9. The van der Waals surface area contributed by atoms with Gasteiger partial charge in [0.05, 0.1) is 5.57 Å². The minimum Gasteiger partial charge on any atom is -0.489 e. The number of allylic oxidation sites excluding steroid dienone is 1. The van der Waals surface area contributed by atoms with Crippen molar-refractivity contribution in [2.45, 2.75) is 26.1 Å². The number of rotatable bonds is 7. The van der Waals surface area contributed by atoms with Crippen LogP contribution < -0.4 is 15.4 Å². The van der Waals surface area contributed by atoms with Crippen LogP contribution in [0.1, 0.15) is 29.7 Å². The van der Waals surface area contributed by atoms with Gasteiger partial charge in [0.1, 0.15) is 24.7 Å². The molecule has 38 heavy (non-hydrogen) atoms. The predicted octanol–water partition coefficient (Wildman–Crippen LogP) is 5.62. The molecule has 1 aromatic heterocycles. The Hall–Kier alpha value is -4.91. The summed E-state index contributed by atoms with van der Waals surface area (Å²) in [5.41, 5.74) is 4.43.